The van der Waals surface area contributed by atoms with Crippen LogP contribution in [0.4, 0.5) is 5.82 Å². The number of carbonyl (C=O) groups is 2. The molecule has 2 aliphatic rings. The fraction of sp³-hybridized carbons (Fsp3) is 0.700. The van der Waals surface area contributed by atoms with Crippen LogP contribution in [0, 0.1) is 0 Å². The first-order valence-electron chi connectivity index (χ1n) is 10.4. The Balaban J connectivity index is 1.85. The minimum Gasteiger partial charge on any atom is -0.356 e. The van der Waals surface area contributed by atoms with E-state index in [2.05, 4.69) is 5.32 Å². The Morgan fingerprint density at radius 1 is 1.00 bits per heavy atom. The molecule has 0 aromatic carbocycles. The van der Waals surface area contributed by atoms with Crippen LogP contribution in [-0.2, 0) is 9.59 Å². The monoisotopic (exact) mass is 405 g/mol. The molecule has 1 aromatic rings. The lowest BCUT2D eigenvalue weighted by molar-refractivity contribution is -0.134. The molecule has 2 saturated heterocycles. The third kappa shape index (κ3) is 4.23. The molecule has 1 aromatic heterocycles. The van der Waals surface area contributed by atoms with Gasteiger partial charge >= 0.3 is 5.69 Å². The highest BCUT2D eigenvalue weighted by Crippen LogP contribution is 2.19. The number of rotatable bonds is 4. The van der Waals surface area contributed by atoms with Crippen molar-refractivity contribution < 1.29 is 9.59 Å². The van der Waals surface area contributed by atoms with Crippen molar-refractivity contribution >= 4 is 17.6 Å². The number of hydrogen-bond acceptors (Lipinski definition) is 5. The topological polar surface area (TPSA) is 96.7 Å². The van der Waals surface area contributed by atoms with Gasteiger partial charge in [0.2, 0.25) is 11.8 Å². The molecule has 160 valence electrons. The molecule has 0 radical (unpaired) electrons. The average molecular weight is 405 g/mol. The second-order valence-corrected chi connectivity index (χ2v) is 8.38. The van der Waals surface area contributed by atoms with Gasteiger partial charge in [0.25, 0.3) is 5.56 Å². The van der Waals surface area contributed by atoms with Crippen LogP contribution < -0.4 is 21.5 Å². The van der Waals surface area contributed by atoms with E-state index in [1.54, 1.807) is 9.47 Å². The van der Waals surface area contributed by atoms with Gasteiger partial charge < -0.3 is 15.1 Å². The molecule has 1 N–H and O–H groups in total. The van der Waals surface area contributed by atoms with Crippen molar-refractivity contribution in [2.24, 2.45) is 0 Å². The van der Waals surface area contributed by atoms with E-state index in [1.807, 2.05) is 32.6 Å². The Labute approximate surface area is 170 Å². The summed E-state index contributed by atoms with van der Waals surface area (Å²) in [6.07, 6.45) is 1.66. The molecule has 0 unspecified atom stereocenters. The molecule has 3 heterocycles. The molecule has 0 saturated carbocycles. The maximum atomic E-state index is 13.0. The van der Waals surface area contributed by atoms with Gasteiger partial charge in [-0.1, -0.05) is 0 Å². The third-order valence-corrected chi connectivity index (χ3v) is 5.61. The number of nitrogens with zero attached hydrogens (tertiary/aromatic N) is 4. The van der Waals surface area contributed by atoms with Gasteiger partial charge in [-0.25, -0.2) is 4.79 Å². The summed E-state index contributed by atoms with van der Waals surface area (Å²) in [5.41, 5.74) is -0.605. The Morgan fingerprint density at radius 2 is 1.69 bits per heavy atom. The van der Waals surface area contributed by atoms with Crippen molar-refractivity contribution in [3.63, 3.8) is 0 Å². The zero-order valence-corrected chi connectivity index (χ0v) is 17.7. The van der Waals surface area contributed by atoms with Gasteiger partial charge in [0.05, 0.1) is 0 Å². The predicted octanol–water partition coefficient (Wildman–Crippen LogP) is 0.489. The molecule has 2 fully saturated rings. The van der Waals surface area contributed by atoms with E-state index in [0.29, 0.717) is 44.8 Å². The second kappa shape index (κ2) is 8.42. The average Bonchev–Trinajstić information content (AvgIpc) is 2.92. The van der Waals surface area contributed by atoms with Crippen LogP contribution in [0.2, 0.25) is 0 Å². The predicted molar refractivity (Wildman–Crippen MR) is 110 cm³/mol. The highest BCUT2D eigenvalue weighted by Gasteiger charge is 2.32. The normalized spacial score (nSPS) is 20.3. The van der Waals surface area contributed by atoms with Crippen LogP contribution in [0.3, 0.4) is 0 Å². The Morgan fingerprint density at radius 3 is 2.28 bits per heavy atom. The van der Waals surface area contributed by atoms with Gasteiger partial charge in [-0.2, -0.15) is 0 Å². The molecule has 1 atom stereocenters. The number of nitrogens with one attached hydrogen (secondary N) is 1. The fourth-order valence-electron chi connectivity index (χ4n) is 4.15. The number of aromatic nitrogens is 2. The largest absolute Gasteiger partial charge is 0.356 e. The van der Waals surface area contributed by atoms with Crippen molar-refractivity contribution in [1.29, 1.82) is 0 Å². The Kier molecular flexibility index (Phi) is 6.14. The summed E-state index contributed by atoms with van der Waals surface area (Å²) in [6, 6.07) is 0.791. The number of hydrogen-bond donors (Lipinski definition) is 1. The molecule has 2 amide bonds. The summed E-state index contributed by atoms with van der Waals surface area (Å²) in [7, 11) is 0. The standard InChI is InChI=1S/C20H31N5O4/c1-13(2)24-17(12-18(27)25(14(3)4)20(24)29)22-8-5-9-23(11-10-22)19(28)15-6-7-16(26)21-15/h12-15H,5-11H2,1-4H3,(H,21,26)/t15-/m0/s1. The molecule has 3 rings (SSSR count). The smallest absolute Gasteiger partial charge is 0.333 e. The van der Waals surface area contributed by atoms with Crippen molar-refractivity contribution in [2.75, 3.05) is 31.1 Å². The quantitative estimate of drug-likeness (QED) is 0.786. The maximum Gasteiger partial charge on any atom is 0.333 e. The van der Waals surface area contributed by atoms with Crippen LogP contribution >= 0.6 is 0 Å². The molecule has 29 heavy (non-hydrogen) atoms. The summed E-state index contributed by atoms with van der Waals surface area (Å²) >= 11 is 0. The minimum absolute atomic E-state index is 0.0471. The highest BCUT2D eigenvalue weighted by molar-refractivity contribution is 5.90. The Hall–Kier alpha value is -2.58. The Bertz CT molecular complexity index is 901. The van der Waals surface area contributed by atoms with Crippen LogP contribution in [0.1, 0.15) is 59.0 Å². The molecule has 0 spiro atoms. The fourth-order valence-corrected chi connectivity index (χ4v) is 4.15. The lowest BCUT2D eigenvalue weighted by Gasteiger charge is -2.29. The van der Waals surface area contributed by atoms with E-state index in [4.69, 9.17) is 0 Å². The van der Waals surface area contributed by atoms with Gasteiger partial charge in [-0.3, -0.25) is 23.5 Å². The van der Waals surface area contributed by atoms with Gasteiger partial charge in [-0.15, -0.1) is 0 Å². The lowest BCUT2D eigenvalue weighted by Crippen LogP contribution is -2.46. The molecule has 0 bridgehead atoms. The van der Waals surface area contributed by atoms with E-state index in [1.165, 1.54) is 10.6 Å². The summed E-state index contributed by atoms with van der Waals surface area (Å²) in [4.78, 5) is 53.6. The van der Waals surface area contributed by atoms with Gasteiger partial charge in [-0.05, 0) is 40.5 Å². The van der Waals surface area contributed by atoms with Crippen LogP contribution in [0.25, 0.3) is 0 Å². The third-order valence-electron chi connectivity index (χ3n) is 5.61. The first kappa shape index (κ1) is 21.1. The minimum atomic E-state index is -0.433. The molecular formula is C20H31N5O4. The van der Waals surface area contributed by atoms with Crippen molar-refractivity contribution in [1.82, 2.24) is 19.4 Å². The summed E-state index contributed by atoms with van der Waals surface area (Å²) in [6.45, 7) is 9.77. The van der Waals surface area contributed by atoms with Crippen LogP contribution in [0.5, 0.6) is 0 Å². The van der Waals surface area contributed by atoms with Crippen LogP contribution in [-0.4, -0.2) is 58.1 Å². The van der Waals surface area contributed by atoms with E-state index in [-0.39, 0.29) is 35.1 Å². The summed E-state index contributed by atoms with van der Waals surface area (Å²) in [5.74, 6) is 0.482. The molecule has 9 nitrogen and oxygen atoms in total. The lowest BCUT2D eigenvalue weighted by atomic mass is 10.2. The van der Waals surface area contributed by atoms with E-state index >= 15 is 0 Å². The molecule has 0 aliphatic carbocycles. The summed E-state index contributed by atoms with van der Waals surface area (Å²) < 4.78 is 2.94. The zero-order valence-electron chi connectivity index (χ0n) is 17.7. The highest BCUT2D eigenvalue weighted by atomic mass is 16.2. The first-order chi connectivity index (χ1) is 13.7. The number of carbonyl (C=O) groups excluding carboxylic acids is 2. The van der Waals surface area contributed by atoms with Gasteiger partial charge in [0.1, 0.15) is 11.9 Å². The second-order valence-electron chi connectivity index (χ2n) is 8.38. The van der Waals surface area contributed by atoms with E-state index < -0.39 is 6.04 Å². The SMILES string of the molecule is CC(C)n1c(N2CCCN(C(=O)[C@@H]3CCC(=O)N3)CC2)cc(=O)n(C(C)C)c1=O. The first-order valence-corrected chi connectivity index (χ1v) is 10.4. The van der Waals surface area contributed by atoms with Crippen molar-refractivity contribution in [3.05, 3.63) is 26.9 Å². The van der Waals surface area contributed by atoms with Crippen molar-refractivity contribution in [3.8, 4) is 0 Å². The number of anilines is 1. The number of amides is 2. The van der Waals surface area contributed by atoms with Gasteiger partial charge in [0.15, 0.2) is 0 Å². The zero-order chi connectivity index (χ0) is 21.3. The molecular weight excluding hydrogens is 374 g/mol. The van der Waals surface area contributed by atoms with Crippen molar-refractivity contribution in [2.45, 2.75) is 65.1 Å². The maximum absolute atomic E-state index is 13.0. The van der Waals surface area contributed by atoms with E-state index in [0.717, 1.165) is 6.42 Å². The summed E-state index contributed by atoms with van der Waals surface area (Å²) in [5, 5.41) is 2.74. The van der Waals surface area contributed by atoms with Crippen LogP contribution in [0.15, 0.2) is 15.7 Å². The molecule has 9 heteroatoms. The molecule has 2 aliphatic heterocycles. The van der Waals surface area contributed by atoms with Gasteiger partial charge in [0, 0.05) is 50.7 Å². The van der Waals surface area contributed by atoms with E-state index in [9.17, 15) is 19.2 Å².